The average molecular weight is 235 g/mol. The van der Waals surface area contributed by atoms with Crippen LogP contribution in [-0.4, -0.2) is 20.1 Å². The molecular weight excluding hydrogens is 222 g/mol. The number of nitrogens with zero attached hydrogens (tertiary/aromatic N) is 2. The van der Waals surface area contributed by atoms with Gasteiger partial charge < -0.3 is 10.1 Å². The molecule has 0 aliphatic heterocycles. The quantitative estimate of drug-likeness (QED) is 0.854. The largest absolute Gasteiger partial charge is 0.387 e. The smallest absolute Gasteiger partial charge is 0.170 e. The number of aromatic nitrogens is 3. The first kappa shape index (κ1) is 11.2. The van der Waals surface area contributed by atoms with E-state index >= 15 is 0 Å². The van der Waals surface area contributed by atoms with Crippen LogP contribution in [0.15, 0.2) is 40.8 Å². The van der Waals surface area contributed by atoms with E-state index < -0.39 is 6.10 Å². The highest BCUT2D eigenvalue weighted by atomic mass is 32.2. The molecule has 84 valence electrons. The van der Waals surface area contributed by atoms with Crippen molar-refractivity contribution in [2.75, 3.05) is 0 Å². The summed E-state index contributed by atoms with van der Waals surface area (Å²) in [5.41, 5.74) is 0.714. The highest BCUT2D eigenvalue weighted by Crippen LogP contribution is 2.24. The maximum Gasteiger partial charge on any atom is 0.170 e. The van der Waals surface area contributed by atoms with Gasteiger partial charge in [-0.1, -0.05) is 18.7 Å². The summed E-state index contributed by atoms with van der Waals surface area (Å²) in [7, 11) is 0. The van der Waals surface area contributed by atoms with Gasteiger partial charge in [-0.3, -0.25) is 4.98 Å². The molecular formula is C11H13N3OS. The van der Waals surface area contributed by atoms with E-state index in [4.69, 9.17) is 0 Å². The van der Waals surface area contributed by atoms with Crippen molar-refractivity contribution >= 4 is 11.8 Å². The molecule has 0 aliphatic carbocycles. The molecule has 2 aromatic heterocycles. The number of hydrogen-bond acceptors (Lipinski definition) is 4. The maximum absolute atomic E-state index is 9.59. The second kappa shape index (κ2) is 5.14. The van der Waals surface area contributed by atoms with Crippen LogP contribution in [0.4, 0.5) is 0 Å². The zero-order valence-corrected chi connectivity index (χ0v) is 9.74. The summed E-state index contributed by atoms with van der Waals surface area (Å²) in [6.45, 7) is 1.93. The van der Waals surface area contributed by atoms with Crippen LogP contribution < -0.4 is 0 Å². The van der Waals surface area contributed by atoms with Crippen LogP contribution in [0.2, 0.25) is 0 Å². The number of imidazole rings is 1. The van der Waals surface area contributed by atoms with E-state index in [1.165, 1.54) is 11.8 Å². The Balaban J connectivity index is 2.07. The van der Waals surface area contributed by atoms with Crippen LogP contribution in [0.1, 0.15) is 25.1 Å². The van der Waals surface area contributed by atoms with Crippen LogP contribution in [0.5, 0.6) is 0 Å². The third-order valence-electron chi connectivity index (χ3n) is 2.17. The molecule has 2 aromatic rings. The second-order valence-electron chi connectivity index (χ2n) is 3.34. The number of rotatable bonds is 4. The molecule has 1 atom stereocenters. The molecule has 4 nitrogen and oxygen atoms in total. The van der Waals surface area contributed by atoms with Crippen molar-refractivity contribution < 1.29 is 5.11 Å². The van der Waals surface area contributed by atoms with Crippen molar-refractivity contribution in [2.45, 2.75) is 29.5 Å². The highest BCUT2D eigenvalue weighted by molar-refractivity contribution is 7.99. The Kier molecular flexibility index (Phi) is 3.58. The van der Waals surface area contributed by atoms with Gasteiger partial charge in [0.05, 0.1) is 11.8 Å². The Bertz CT molecular complexity index is 427. The lowest BCUT2D eigenvalue weighted by atomic mass is 10.2. The monoisotopic (exact) mass is 235 g/mol. The summed E-state index contributed by atoms with van der Waals surface area (Å²) >= 11 is 1.51. The molecule has 0 saturated heterocycles. The molecule has 0 amide bonds. The van der Waals surface area contributed by atoms with Gasteiger partial charge in [-0.05, 0) is 18.6 Å². The molecule has 1 unspecified atom stereocenters. The van der Waals surface area contributed by atoms with E-state index in [1.54, 1.807) is 18.6 Å². The van der Waals surface area contributed by atoms with Gasteiger partial charge >= 0.3 is 0 Å². The van der Waals surface area contributed by atoms with E-state index in [2.05, 4.69) is 15.0 Å². The first-order valence-electron chi connectivity index (χ1n) is 5.11. The molecule has 2 heterocycles. The maximum atomic E-state index is 9.59. The van der Waals surface area contributed by atoms with Crippen molar-refractivity contribution in [3.63, 3.8) is 0 Å². The molecule has 0 saturated carbocycles. The third-order valence-corrected chi connectivity index (χ3v) is 3.07. The minimum Gasteiger partial charge on any atom is -0.387 e. The topological polar surface area (TPSA) is 61.8 Å². The van der Waals surface area contributed by atoms with Gasteiger partial charge in [0.2, 0.25) is 0 Å². The number of pyridine rings is 1. The van der Waals surface area contributed by atoms with Crippen molar-refractivity contribution in [3.8, 4) is 0 Å². The summed E-state index contributed by atoms with van der Waals surface area (Å²) in [4.78, 5) is 12.3. The first-order chi connectivity index (χ1) is 7.79. The summed E-state index contributed by atoms with van der Waals surface area (Å²) < 4.78 is 0. The van der Waals surface area contributed by atoms with Crippen molar-refractivity contribution in [2.24, 2.45) is 0 Å². The molecule has 5 heteroatoms. The Morgan fingerprint density at radius 1 is 1.44 bits per heavy atom. The SMILES string of the molecule is CCC(O)c1ccc(Sc2ncc[nH]2)cn1. The molecule has 0 bridgehead atoms. The van der Waals surface area contributed by atoms with Gasteiger partial charge in [-0.25, -0.2) is 4.98 Å². The Morgan fingerprint density at radius 2 is 2.31 bits per heavy atom. The fourth-order valence-corrected chi connectivity index (χ4v) is 1.98. The van der Waals surface area contributed by atoms with Gasteiger partial charge in [-0.2, -0.15) is 0 Å². The van der Waals surface area contributed by atoms with Crippen molar-refractivity contribution in [1.29, 1.82) is 0 Å². The molecule has 2 N–H and O–H groups in total. The minimum atomic E-state index is -0.470. The van der Waals surface area contributed by atoms with E-state index in [0.29, 0.717) is 12.1 Å². The molecule has 16 heavy (non-hydrogen) atoms. The van der Waals surface area contributed by atoms with E-state index in [9.17, 15) is 5.11 Å². The molecule has 0 fully saturated rings. The Labute approximate surface area is 98.1 Å². The zero-order valence-electron chi connectivity index (χ0n) is 8.92. The standard InChI is InChI=1S/C11H13N3OS/c1-2-10(15)9-4-3-8(7-14-9)16-11-12-5-6-13-11/h3-7,10,15H,2H2,1H3,(H,12,13). The predicted octanol–water partition coefficient (Wildman–Crippen LogP) is 2.40. The van der Waals surface area contributed by atoms with E-state index in [-0.39, 0.29) is 0 Å². The van der Waals surface area contributed by atoms with Gasteiger partial charge in [-0.15, -0.1) is 0 Å². The Hall–Kier alpha value is -1.33. The number of aromatic amines is 1. The van der Waals surface area contributed by atoms with Gasteiger partial charge in [0.25, 0.3) is 0 Å². The van der Waals surface area contributed by atoms with Gasteiger partial charge in [0, 0.05) is 23.5 Å². The number of hydrogen-bond donors (Lipinski definition) is 2. The molecule has 2 rings (SSSR count). The summed E-state index contributed by atoms with van der Waals surface area (Å²) in [6, 6.07) is 3.79. The van der Waals surface area contributed by atoms with Crippen LogP contribution in [-0.2, 0) is 0 Å². The minimum absolute atomic E-state index is 0.470. The highest BCUT2D eigenvalue weighted by Gasteiger charge is 2.06. The summed E-state index contributed by atoms with van der Waals surface area (Å²) in [6.07, 6.45) is 5.46. The first-order valence-corrected chi connectivity index (χ1v) is 5.92. The number of aliphatic hydroxyl groups is 1. The van der Waals surface area contributed by atoms with E-state index in [1.807, 2.05) is 19.1 Å². The third kappa shape index (κ3) is 2.62. The lowest BCUT2D eigenvalue weighted by Crippen LogP contribution is -1.97. The normalized spacial score (nSPS) is 12.6. The molecule has 0 aliphatic rings. The van der Waals surface area contributed by atoms with Gasteiger partial charge in [0.15, 0.2) is 5.16 Å². The average Bonchev–Trinajstić information content (AvgIpc) is 2.82. The van der Waals surface area contributed by atoms with Crippen molar-refractivity contribution in [1.82, 2.24) is 15.0 Å². The van der Waals surface area contributed by atoms with Crippen LogP contribution in [0.25, 0.3) is 0 Å². The molecule has 0 aromatic carbocycles. The molecule has 0 radical (unpaired) electrons. The van der Waals surface area contributed by atoms with Gasteiger partial charge in [0.1, 0.15) is 0 Å². The fourth-order valence-electron chi connectivity index (χ4n) is 1.28. The number of nitrogens with one attached hydrogen (secondary N) is 1. The van der Waals surface area contributed by atoms with Crippen LogP contribution in [0, 0.1) is 0 Å². The fraction of sp³-hybridized carbons (Fsp3) is 0.273. The number of aliphatic hydroxyl groups excluding tert-OH is 1. The zero-order chi connectivity index (χ0) is 11.4. The number of H-pyrrole nitrogens is 1. The lowest BCUT2D eigenvalue weighted by Gasteiger charge is -2.06. The summed E-state index contributed by atoms with van der Waals surface area (Å²) in [5.74, 6) is 0. The molecule has 0 spiro atoms. The summed E-state index contributed by atoms with van der Waals surface area (Å²) in [5, 5.41) is 10.4. The van der Waals surface area contributed by atoms with E-state index in [0.717, 1.165) is 10.1 Å². The van der Waals surface area contributed by atoms with Crippen LogP contribution >= 0.6 is 11.8 Å². The van der Waals surface area contributed by atoms with Crippen molar-refractivity contribution in [3.05, 3.63) is 36.4 Å². The Morgan fingerprint density at radius 3 is 2.88 bits per heavy atom. The second-order valence-corrected chi connectivity index (χ2v) is 4.40. The lowest BCUT2D eigenvalue weighted by molar-refractivity contribution is 0.169. The van der Waals surface area contributed by atoms with Crippen LogP contribution in [0.3, 0.4) is 0 Å². The predicted molar refractivity (Wildman–Crippen MR) is 62.2 cm³/mol.